The number of likely N-dealkylation sites (N-methyl/N-ethyl adjacent to an activating group) is 1. The summed E-state index contributed by atoms with van der Waals surface area (Å²) in [7, 11) is 0. The summed E-state index contributed by atoms with van der Waals surface area (Å²) in [5.74, 6) is 1.24. The number of rotatable bonds is 11. The molecule has 0 aliphatic carbocycles. The molecule has 0 bridgehead atoms. The van der Waals surface area contributed by atoms with E-state index in [1.807, 2.05) is 32.0 Å². The number of hydrogen-bond acceptors (Lipinski definition) is 7. The number of carbonyl (C=O) groups is 3. The van der Waals surface area contributed by atoms with Crippen LogP contribution in [0.2, 0.25) is 0 Å². The molecule has 1 aliphatic rings. The molecule has 0 saturated carbocycles. The van der Waals surface area contributed by atoms with E-state index in [1.54, 1.807) is 46.4 Å². The van der Waals surface area contributed by atoms with E-state index in [-0.39, 0.29) is 18.7 Å². The van der Waals surface area contributed by atoms with Crippen molar-refractivity contribution in [3.8, 4) is 11.5 Å². The summed E-state index contributed by atoms with van der Waals surface area (Å²) in [6.45, 7) is 15.7. The molecule has 2 N–H and O–H groups in total. The fourth-order valence-electron chi connectivity index (χ4n) is 4.09. The Kier molecular flexibility index (Phi) is 11.1. The summed E-state index contributed by atoms with van der Waals surface area (Å²) in [6.07, 6.45) is 1.14. The van der Waals surface area contributed by atoms with Crippen molar-refractivity contribution in [1.82, 2.24) is 15.5 Å². The van der Waals surface area contributed by atoms with Crippen LogP contribution in [0.4, 0.5) is 9.59 Å². The Balaban J connectivity index is 2.01. The molecule has 38 heavy (non-hydrogen) atoms. The summed E-state index contributed by atoms with van der Waals surface area (Å²) in [5, 5.41) is 5.49. The van der Waals surface area contributed by atoms with Crippen LogP contribution in [0.5, 0.6) is 11.5 Å². The fourth-order valence-corrected chi connectivity index (χ4v) is 4.09. The van der Waals surface area contributed by atoms with Crippen LogP contribution in [0.25, 0.3) is 0 Å². The van der Waals surface area contributed by atoms with Crippen molar-refractivity contribution in [3.63, 3.8) is 0 Å². The van der Waals surface area contributed by atoms with Gasteiger partial charge in [0.05, 0.1) is 0 Å². The standard InChI is InChI=1S/C28H45N3O7/c1-9-31(19(2)16-20-13-14-22-23(17-20)36-18-35-22)24(32)21(30-26(34)38-28(6,7)8)12-10-11-15-29-25(33)37-27(3,4)5/h13-14,17,19,21H,9-12,15-16,18H2,1-8H3,(H,29,33)(H,30,34)/t19?,21-/m0/s1. The monoisotopic (exact) mass is 535 g/mol. The van der Waals surface area contributed by atoms with E-state index in [0.717, 1.165) is 5.56 Å². The zero-order chi connectivity index (χ0) is 28.5. The van der Waals surface area contributed by atoms with Crippen molar-refractivity contribution in [2.45, 2.75) is 104 Å². The second-order valence-electron chi connectivity index (χ2n) is 11.5. The van der Waals surface area contributed by atoms with Crippen LogP contribution < -0.4 is 20.1 Å². The average molecular weight is 536 g/mol. The quantitative estimate of drug-likeness (QED) is 0.392. The van der Waals surface area contributed by atoms with Gasteiger partial charge >= 0.3 is 12.2 Å². The molecule has 0 aromatic heterocycles. The fraction of sp³-hybridized carbons (Fsp3) is 0.679. The van der Waals surface area contributed by atoms with Gasteiger partial charge in [-0.1, -0.05) is 6.07 Å². The molecule has 1 aromatic carbocycles. The number of amides is 3. The number of hydrogen-bond donors (Lipinski definition) is 2. The van der Waals surface area contributed by atoms with Crippen LogP contribution in [-0.2, 0) is 20.7 Å². The minimum Gasteiger partial charge on any atom is -0.454 e. The van der Waals surface area contributed by atoms with Gasteiger partial charge in [-0.05, 0) is 98.8 Å². The van der Waals surface area contributed by atoms with Gasteiger partial charge in [0.2, 0.25) is 12.7 Å². The lowest BCUT2D eigenvalue weighted by Crippen LogP contribution is -2.52. The summed E-state index contributed by atoms with van der Waals surface area (Å²) in [6, 6.07) is 4.90. The Morgan fingerprint density at radius 1 is 0.974 bits per heavy atom. The highest BCUT2D eigenvalue weighted by Crippen LogP contribution is 2.33. The van der Waals surface area contributed by atoms with Crippen molar-refractivity contribution < 1.29 is 33.3 Å². The van der Waals surface area contributed by atoms with Gasteiger partial charge in [-0.25, -0.2) is 9.59 Å². The molecular weight excluding hydrogens is 490 g/mol. The summed E-state index contributed by atoms with van der Waals surface area (Å²) in [5.41, 5.74) is -0.232. The third-order valence-electron chi connectivity index (χ3n) is 5.70. The average Bonchev–Trinajstić information content (AvgIpc) is 3.24. The predicted octanol–water partition coefficient (Wildman–Crippen LogP) is 4.78. The number of nitrogens with one attached hydrogen (secondary N) is 2. The first-order valence-corrected chi connectivity index (χ1v) is 13.3. The van der Waals surface area contributed by atoms with Gasteiger partial charge in [-0.15, -0.1) is 0 Å². The highest BCUT2D eigenvalue weighted by Gasteiger charge is 2.30. The van der Waals surface area contributed by atoms with Crippen molar-refractivity contribution in [1.29, 1.82) is 0 Å². The molecular formula is C28H45N3O7. The number of fused-ring (bicyclic) bond motifs is 1. The Labute approximate surface area is 226 Å². The molecule has 2 rings (SSSR count). The smallest absolute Gasteiger partial charge is 0.408 e. The van der Waals surface area contributed by atoms with E-state index in [4.69, 9.17) is 18.9 Å². The molecule has 0 saturated heterocycles. The van der Waals surface area contributed by atoms with Gasteiger partial charge in [-0.2, -0.15) is 0 Å². The van der Waals surface area contributed by atoms with Crippen molar-refractivity contribution >= 4 is 18.1 Å². The van der Waals surface area contributed by atoms with Gasteiger partial charge < -0.3 is 34.5 Å². The van der Waals surface area contributed by atoms with E-state index in [9.17, 15) is 14.4 Å². The molecule has 1 aromatic rings. The summed E-state index contributed by atoms with van der Waals surface area (Å²) >= 11 is 0. The van der Waals surface area contributed by atoms with Gasteiger partial charge in [0, 0.05) is 19.1 Å². The minimum absolute atomic E-state index is 0.121. The van der Waals surface area contributed by atoms with Gasteiger partial charge in [-0.3, -0.25) is 4.79 Å². The predicted molar refractivity (Wildman–Crippen MR) is 144 cm³/mol. The maximum atomic E-state index is 13.6. The van der Waals surface area contributed by atoms with E-state index in [1.165, 1.54) is 0 Å². The van der Waals surface area contributed by atoms with Crippen LogP contribution in [0.3, 0.4) is 0 Å². The first-order valence-electron chi connectivity index (χ1n) is 13.3. The second-order valence-corrected chi connectivity index (χ2v) is 11.5. The van der Waals surface area contributed by atoms with E-state index in [2.05, 4.69) is 10.6 Å². The molecule has 214 valence electrons. The third-order valence-corrected chi connectivity index (χ3v) is 5.70. The lowest BCUT2D eigenvalue weighted by Gasteiger charge is -2.32. The molecule has 10 nitrogen and oxygen atoms in total. The number of unbranched alkanes of at least 4 members (excludes halogenated alkanes) is 1. The van der Waals surface area contributed by atoms with Gasteiger partial charge in [0.25, 0.3) is 0 Å². The molecule has 2 atom stereocenters. The molecule has 3 amide bonds. The minimum atomic E-state index is -0.759. The molecule has 1 aliphatic heterocycles. The maximum absolute atomic E-state index is 13.6. The number of nitrogens with zero attached hydrogens (tertiary/aromatic N) is 1. The Morgan fingerprint density at radius 2 is 1.61 bits per heavy atom. The largest absolute Gasteiger partial charge is 0.454 e. The number of benzene rings is 1. The number of ether oxygens (including phenoxy) is 4. The number of carbonyl (C=O) groups excluding carboxylic acids is 3. The highest BCUT2D eigenvalue weighted by atomic mass is 16.7. The SMILES string of the molecule is CCN(C(=O)[C@H](CCCCNC(=O)OC(C)(C)C)NC(=O)OC(C)(C)C)C(C)Cc1ccc2c(c1)OCO2. The third kappa shape index (κ3) is 10.7. The first-order chi connectivity index (χ1) is 17.7. The Bertz CT molecular complexity index is 953. The van der Waals surface area contributed by atoms with E-state index >= 15 is 0 Å². The Morgan fingerprint density at radius 3 is 2.24 bits per heavy atom. The van der Waals surface area contributed by atoms with Crippen molar-refractivity contribution in [2.24, 2.45) is 0 Å². The topological polar surface area (TPSA) is 115 Å². The van der Waals surface area contributed by atoms with Crippen LogP contribution in [0.1, 0.15) is 80.2 Å². The van der Waals surface area contributed by atoms with Crippen LogP contribution in [-0.4, -0.2) is 66.2 Å². The highest BCUT2D eigenvalue weighted by molar-refractivity contribution is 5.86. The van der Waals surface area contributed by atoms with Crippen molar-refractivity contribution in [2.75, 3.05) is 19.9 Å². The molecule has 0 radical (unpaired) electrons. The lowest BCUT2D eigenvalue weighted by molar-refractivity contribution is -0.135. The molecule has 1 unspecified atom stereocenters. The second kappa shape index (κ2) is 13.6. The number of alkyl carbamates (subject to hydrolysis) is 2. The Hall–Kier alpha value is -3.17. The molecule has 10 heteroatoms. The van der Waals surface area contributed by atoms with Crippen LogP contribution >= 0.6 is 0 Å². The normalized spacial score (nSPS) is 14.3. The molecule has 0 spiro atoms. The van der Waals surface area contributed by atoms with Crippen molar-refractivity contribution in [3.05, 3.63) is 23.8 Å². The van der Waals surface area contributed by atoms with Crippen LogP contribution in [0.15, 0.2) is 18.2 Å². The first kappa shape index (κ1) is 31.1. The maximum Gasteiger partial charge on any atom is 0.408 e. The van der Waals surface area contributed by atoms with Crippen LogP contribution in [0, 0.1) is 0 Å². The van der Waals surface area contributed by atoms with Gasteiger partial charge in [0.1, 0.15) is 17.2 Å². The molecule has 0 fully saturated rings. The zero-order valence-corrected chi connectivity index (χ0v) is 24.1. The van der Waals surface area contributed by atoms with Gasteiger partial charge in [0.15, 0.2) is 11.5 Å². The zero-order valence-electron chi connectivity index (χ0n) is 24.1. The lowest BCUT2D eigenvalue weighted by atomic mass is 10.0. The van der Waals surface area contributed by atoms with E-state index < -0.39 is 29.4 Å². The molecule has 1 heterocycles. The summed E-state index contributed by atoms with van der Waals surface area (Å²) < 4.78 is 21.5. The summed E-state index contributed by atoms with van der Waals surface area (Å²) in [4.78, 5) is 39.9. The van der Waals surface area contributed by atoms with E-state index in [0.29, 0.717) is 50.3 Å².